The molecule has 0 bridgehead atoms. The van der Waals surface area contributed by atoms with Gasteiger partial charge in [0.25, 0.3) is 5.91 Å². The summed E-state index contributed by atoms with van der Waals surface area (Å²) in [4.78, 5) is 30.3. The minimum atomic E-state index is -0.361. The highest BCUT2D eigenvalue weighted by Gasteiger charge is 2.50. The van der Waals surface area contributed by atoms with Crippen molar-refractivity contribution in [2.45, 2.75) is 63.2 Å². The standard InChI is InChI=1S/C21H30N2O3S/c1-27-14-17-8-9-18(26-17)19(24)22-13-11-21(15-22)10-5-12-23(20(21)25)16-6-3-2-4-7-16/h8-9,16H,2-7,10-15H2,1H3/t21-/m1/s1. The lowest BCUT2D eigenvalue weighted by Crippen LogP contribution is -2.54. The fourth-order valence-corrected chi connectivity index (χ4v) is 5.57. The van der Waals surface area contributed by atoms with Crippen molar-refractivity contribution in [3.63, 3.8) is 0 Å². The summed E-state index contributed by atoms with van der Waals surface area (Å²) in [5, 5.41) is 0. The monoisotopic (exact) mass is 390 g/mol. The number of amides is 2. The smallest absolute Gasteiger partial charge is 0.289 e. The van der Waals surface area contributed by atoms with Gasteiger partial charge in [0.2, 0.25) is 5.91 Å². The van der Waals surface area contributed by atoms with Crippen molar-refractivity contribution in [2.24, 2.45) is 5.41 Å². The Bertz CT molecular complexity index is 697. The molecule has 2 amide bonds. The van der Waals surface area contributed by atoms with E-state index in [1.807, 2.05) is 17.2 Å². The van der Waals surface area contributed by atoms with Crippen LogP contribution in [0.3, 0.4) is 0 Å². The van der Waals surface area contributed by atoms with Crippen molar-refractivity contribution in [3.05, 3.63) is 23.7 Å². The highest BCUT2D eigenvalue weighted by atomic mass is 32.2. The lowest BCUT2D eigenvalue weighted by atomic mass is 9.77. The van der Waals surface area contributed by atoms with Gasteiger partial charge in [0.05, 0.1) is 11.2 Å². The van der Waals surface area contributed by atoms with E-state index in [-0.39, 0.29) is 11.3 Å². The van der Waals surface area contributed by atoms with Gasteiger partial charge in [-0.2, -0.15) is 11.8 Å². The van der Waals surface area contributed by atoms with E-state index in [1.54, 1.807) is 17.8 Å². The minimum Gasteiger partial charge on any atom is -0.455 e. The Balaban J connectivity index is 1.45. The third-order valence-corrected chi connectivity index (χ3v) is 7.16. The fraction of sp³-hybridized carbons (Fsp3) is 0.714. The molecule has 0 unspecified atom stereocenters. The van der Waals surface area contributed by atoms with Crippen LogP contribution in [0.2, 0.25) is 0 Å². The van der Waals surface area contributed by atoms with Crippen molar-refractivity contribution >= 4 is 23.6 Å². The topological polar surface area (TPSA) is 53.8 Å². The second-order valence-electron chi connectivity index (χ2n) is 8.35. The molecule has 0 N–H and O–H groups in total. The normalized spacial score (nSPS) is 26.9. The number of carbonyl (C=O) groups excluding carboxylic acids is 2. The van der Waals surface area contributed by atoms with Crippen LogP contribution >= 0.6 is 11.8 Å². The van der Waals surface area contributed by atoms with E-state index in [0.717, 1.165) is 50.2 Å². The van der Waals surface area contributed by atoms with Gasteiger partial charge in [0, 0.05) is 25.7 Å². The van der Waals surface area contributed by atoms with Crippen molar-refractivity contribution in [1.82, 2.24) is 9.80 Å². The molecule has 1 saturated carbocycles. The van der Waals surface area contributed by atoms with Crippen LogP contribution in [-0.4, -0.2) is 53.5 Å². The highest BCUT2D eigenvalue weighted by molar-refractivity contribution is 7.97. The summed E-state index contributed by atoms with van der Waals surface area (Å²) < 4.78 is 5.71. The van der Waals surface area contributed by atoms with E-state index >= 15 is 0 Å². The fourth-order valence-electron chi connectivity index (χ4n) is 5.13. The summed E-state index contributed by atoms with van der Waals surface area (Å²) in [5.41, 5.74) is -0.361. The molecule has 1 aliphatic carbocycles. The first-order valence-corrected chi connectivity index (χ1v) is 11.7. The van der Waals surface area contributed by atoms with Crippen molar-refractivity contribution in [2.75, 3.05) is 25.9 Å². The summed E-state index contributed by atoms with van der Waals surface area (Å²) in [6.07, 6.45) is 10.8. The number of piperidine rings is 1. The average Bonchev–Trinajstić information content (AvgIpc) is 3.33. The predicted octanol–water partition coefficient (Wildman–Crippen LogP) is 3.93. The SMILES string of the molecule is CSCc1ccc(C(=O)N2CC[C@]3(CCCN(C4CCCCC4)C3=O)C2)o1. The van der Waals surface area contributed by atoms with E-state index in [9.17, 15) is 9.59 Å². The zero-order chi connectivity index (χ0) is 18.9. The van der Waals surface area contributed by atoms with E-state index in [2.05, 4.69) is 4.90 Å². The quantitative estimate of drug-likeness (QED) is 0.782. The number of carbonyl (C=O) groups is 2. The molecule has 2 saturated heterocycles. The Morgan fingerprint density at radius 1 is 1.19 bits per heavy atom. The van der Waals surface area contributed by atoms with E-state index in [0.29, 0.717) is 30.8 Å². The third-order valence-electron chi connectivity index (χ3n) is 6.58. The van der Waals surface area contributed by atoms with Crippen LogP contribution in [-0.2, 0) is 10.5 Å². The Morgan fingerprint density at radius 2 is 2.00 bits per heavy atom. The Labute approximate surface area is 165 Å². The number of rotatable bonds is 4. The largest absolute Gasteiger partial charge is 0.455 e. The molecule has 1 atom stereocenters. The molecule has 1 spiro atoms. The maximum atomic E-state index is 13.4. The minimum absolute atomic E-state index is 0.0678. The molecule has 6 heteroatoms. The van der Waals surface area contributed by atoms with Gasteiger partial charge in [-0.05, 0) is 50.5 Å². The second kappa shape index (κ2) is 7.90. The van der Waals surface area contributed by atoms with Crippen molar-refractivity contribution < 1.29 is 14.0 Å². The molecule has 1 aromatic rings. The molecule has 27 heavy (non-hydrogen) atoms. The van der Waals surface area contributed by atoms with E-state index in [4.69, 9.17) is 4.42 Å². The molecule has 3 fully saturated rings. The van der Waals surface area contributed by atoms with Crippen LogP contribution in [0, 0.1) is 5.41 Å². The average molecular weight is 391 g/mol. The van der Waals surface area contributed by atoms with Crippen LogP contribution in [0.5, 0.6) is 0 Å². The number of hydrogen-bond donors (Lipinski definition) is 0. The molecular formula is C21H30N2O3S. The molecule has 2 aliphatic heterocycles. The van der Waals surface area contributed by atoms with Gasteiger partial charge >= 0.3 is 0 Å². The number of hydrogen-bond acceptors (Lipinski definition) is 4. The summed E-state index contributed by atoms with van der Waals surface area (Å²) in [6.45, 7) is 2.10. The van der Waals surface area contributed by atoms with Gasteiger partial charge in [0.1, 0.15) is 5.76 Å². The molecular weight excluding hydrogens is 360 g/mol. The number of likely N-dealkylation sites (tertiary alicyclic amines) is 2. The van der Waals surface area contributed by atoms with E-state index < -0.39 is 0 Å². The zero-order valence-electron chi connectivity index (χ0n) is 16.2. The first kappa shape index (κ1) is 18.9. The zero-order valence-corrected chi connectivity index (χ0v) is 17.1. The van der Waals surface area contributed by atoms with Crippen LogP contribution in [0.15, 0.2) is 16.5 Å². The number of thioether (sulfide) groups is 1. The van der Waals surface area contributed by atoms with Gasteiger partial charge in [-0.15, -0.1) is 0 Å². The lowest BCUT2D eigenvalue weighted by Gasteiger charge is -2.44. The van der Waals surface area contributed by atoms with Gasteiger partial charge < -0.3 is 14.2 Å². The maximum absolute atomic E-state index is 13.4. The van der Waals surface area contributed by atoms with Gasteiger partial charge in [-0.25, -0.2) is 0 Å². The summed E-state index contributed by atoms with van der Waals surface area (Å²) in [5.74, 6) is 2.24. The first-order valence-electron chi connectivity index (χ1n) is 10.3. The van der Waals surface area contributed by atoms with Crippen molar-refractivity contribution in [3.8, 4) is 0 Å². The number of furan rings is 1. The summed E-state index contributed by atoms with van der Waals surface area (Å²) in [7, 11) is 0. The summed E-state index contributed by atoms with van der Waals surface area (Å²) in [6, 6.07) is 4.08. The van der Waals surface area contributed by atoms with Gasteiger partial charge in [-0.1, -0.05) is 19.3 Å². The summed E-state index contributed by atoms with van der Waals surface area (Å²) >= 11 is 1.67. The molecule has 0 aromatic carbocycles. The third kappa shape index (κ3) is 3.65. The Hall–Kier alpha value is -1.43. The van der Waals surface area contributed by atoms with Gasteiger partial charge in [0.15, 0.2) is 5.76 Å². The predicted molar refractivity (Wildman–Crippen MR) is 107 cm³/mol. The lowest BCUT2D eigenvalue weighted by molar-refractivity contribution is -0.149. The maximum Gasteiger partial charge on any atom is 0.289 e. The molecule has 5 nitrogen and oxygen atoms in total. The molecule has 148 valence electrons. The Morgan fingerprint density at radius 3 is 2.78 bits per heavy atom. The van der Waals surface area contributed by atoms with E-state index in [1.165, 1.54) is 19.3 Å². The molecule has 0 radical (unpaired) electrons. The highest BCUT2D eigenvalue weighted by Crippen LogP contribution is 2.42. The molecule has 4 rings (SSSR count). The van der Waals surface area contributed by atoms with Crippen LogP contribution in [0.1, 0.15) is 67.7 Å². The molecule has 1 aromatic heterocycles. The molecule has 3 aliphatic rings. The van der Waals surface area contributed by atoms with Crippen LogP contribution in [0.4, 0.5) is 0 Å². The second-order valence-corrected chi connectivity index (χ2v) is 9.22. The number of nitrogens with zero attached hydrogens (tertiary/aromatic N) is 2. The first-order chi connectivity index (χ1) is 13.1. The van der Waals surface area contributed by atoms with Crippen LogP contribution < -0.4 is 0 Å². The Kier molecular flexibility index (Phi) is 5.53. The van der Waals surface area contributed by atoms with Crippen LogP contribution in [0.25, 0.3) is 0 Å². The van der Waals surface area contributed by atoms with Crippen molar-refractivity contribution in [1.29, 1.82) is 0 Å². The molecule has 3 heterocycles. The van der Waals surface area contributed by atoms with Gasteiger partial charge in [-0.3, -0.25) is 9.59 Å².